The van der Waals surface area contributed by atoms with E-state index in [1.54, 1.807) is 7.11 Å². The maximum Gasteiger partial charge on any atom is 0.138 e. The minimum absolute atomic E-state index is 0.00482. The van der Waals surface area contributed by atoms with Crippen molar-refractivity contribution in [3.63, 3.8) is 0 Å². The summed E-state index contributed by atoms with van der Waals surface area (Å²) in [5.74, 6) is 0.815. The molecule has 0 spiro atoms. The van der Waals surface area contributed by atoms with E-state index in [9.17, 15) is 0 Å². The van der Waals surface area contributed by atoms with Gasteiger partial charge in [-0.05, 0) is 44.5 Å². The highest BCUT2D eigenvalue weighted by Crippen LogP contribution is 2.36. The number of nitrogen functional groups attached to an aromatic ring is 1. The van der Waals surface area contributed by atoms with Gasteiger partial charge in [-0.15, -0.1) is 0 Å². The Labute approximate surface area is 142 Å². The first-order chi connectivity index (χ1) is 11.6. The monoisotopic (exact) mass is 328 g/mol. The van der Waals surface area contributed by atoms with Gasteiger partial charge in [-0.2, -0.15) is 5.10 Å². The molecule has 128 valence electrons. The van der Waals surface area contributed by atoms with Gasteiger partial charge in [0, 0.05) is 0 Å². The van der Waals surface area contributed by atoms with Crippen LogP contribution < -0.4 is 10.5 Å². The fourth-order valence-electron chi connectivity index (χ4n) is 3.18. The second-order valence-electron chi connectivity index (χ2n) is 6.13. The van der Waals surface area contributed by atoms with Crippen LogP contribution in [0.4, 0.5) is 5.69 Å². The summed E-state index contributed by atoms with van der Waals surface area (Å²) in [6.07, 6.45) is 1.78. The minimum Gasteiger partial charge on any atom is -0.497 e. The Kier molecular flexibility index (Phi) is 4.46. The Morgan fingerprint density at radius 1 is 1.29 bits per heavy atom. The van der Waals surface area contributed by atoms with Crippen LogP contribution in [0, 0.1) is 0 Å². The van der Waals surface area contributed by atoms with Crippen molar-refractivity contribution in [3.8, 4) is 11.4 Å². The maximum absolute atomic E-state index is 6.47. The van der Waals surface area contributed by atoms with Gasteiger partial charge in [-0.3, -0.25) is 0 Å². The molecule has 6 heteroatoms. The molecule has 1 aliphatic heterocycles. The van der Waals surface area contributed by atoms with E-state index in [0.717, 1.165) is 47.1 Å². The van der Waals surface area contributed by atoms with Crippen LogP contribution in [0.1, 0.15) is 44.5 Å². The smallest absolute Gasteiger partial charge is 0.138 e. The first-order valence-electron chi connectivity index (χ1n) is 8.28. The molecule has 2 atom stereocenters. The fraction of sp³-hybridized carbons (Fsp3) is 0.444. The van der Waals surface area contributed by atoms with Gasteiger partial charge >= 0.3 is 0 Å². The third-order valence-corrected chi connectivity index (χ3v) is 4.42. The molecule has 0 bridgehead atoms. The standard InChI is InChI=1S/C18H24N4O2/c1-5-6-15-17(19)18(16-11(2)21-24-12(16)3)22(20-15)13-7-9-14(23-4)10-8-13/h7-10,12,16H,5-6,19H2,1-4H3. The Hall–Kier alpha value is -2.50. The summed E-state index contributed by atoms with van der Waals surface area (Å²) in [6, 6.07) is 7.81. The predicted molar refractivity (Wildman–Crippen MR) is 94.9 cm³/mol. The van der Waals surface area contributed by atoms with E-state index in [4.69, 9.17) is 20.4 Å². The molecule has 2 aromatic rings. The summed E-state index contributed by atoms with van der Waals surface area (Å²) in [6.45, 7) is 6.10. The molecule has 0 fully saturated rings. The highest BCUT2D eigenvalue weighted by molar-refractivity contribution is 5.91. The van der Waals surface area contributed by atoms with Gasteiger partial charge in [-0.25, -0.2) is 4.68 Å². The second-order valence-corrected chi connectivity index (χ2v) is 6.13. The van der Waals surface area contributed by atoms with E-state index in [1.165, 1.54) is 0 Å². The summed E-state index contributed by atoms with van der Waals surface area (Å²) in [5, 5.41) is 8.91. The molecule has 24 heavy (non-hydrogen) atoms. The lowest BCUT2D eigenvalue weighted by Gasteiger charge is -2.17. The Bertz CT molecular complexity index is 749. The van der Waals surface area contributed by atoms with Crippen LogP contribution in [0.5, 0.6) is 5.75 Å². The number of ether oxygens (including phenoxy) is 1. The third-order valence-electron chi connectivity index (χ3n) is 4.42. The third kappa shape index (κ3) is 2.72. The van der Waals surface area contributed by atoms with Gasteiger partial charge in [0.2, 0.25) is 0 Å². The molecular weight excluding hydrogens is 304 g/mol. The number of aromatic nitrogens is 2. The zero-order valence-corrected chi connectivity index (χ0v) is 14.6. The average molecular weight is 328 g/mol. The fourth-order valence-corrected chi connectivity index (χ4v) is 3.18. The van der Waals surface area contributed by atoms with Crippen molar-refractivity contribution in [1.82, 2.24) is 9.78 Å². The molecule has 1 aromatic carbocycles. The van der Waals surface area contributed by atoms with E-state index in [0.29, 0.717) is 0 Å². The van der Waals surface area contributed by atoms with Crippen molar-refractivity contribution < 1.29 is 9.57 Å². The van der Waals surface area contributed by atoms with Crippen LogP contribution >= 0.6 is 0 Å². The van der Waals surface area contributed by atoms with E-state index in [1.807, 2.05) is 42.8 Å². The van der Waals surface area contributed by atoms with Crippen molar-refractivity contribution in [2.75, 3.05) is 12.8 Å². The molecule has 0 amide bonds. The van der Waals surface area contributed by atoms with Crippen LogP contribution in [-0.4, -0.2) is 28.7 Å². The summed E-state index contributed by atoms with van der Waals surface area (Å²) in [4.78, 5) is 5.46. The van der Waals surface area contributed by atoms with E-state index >= 15 is 0 Å². The first kappa shape index (κ1) is 16.4. The number of hydrogen-bond acceptors (Lipinski definition) is 5. The van der Waals surface area contributed by atoms with Crippen LogP contribution in [0.25, 0.3) is 5.69 Å². The van der Waals surface area contributed by atoms with Crippen LogP contribution in [0.2, 0.25) is 0 Å². The number of benzene rings is 1. The number of oxime groups is 1. The van der Waals surface area contributed by atoms with Gasteiger partial charge in [-0.1, -0.05) is 18.5 Å². The number of nitrogens with two attached hydrogens (primary N) is 1. The summed E-state index contributed by atoms with van der Waals surface area (Å²) < 4.78 is 7.17. The lowest BCUT2D eigenvalue weighted by Crippen LogP contribution is -2.21. The van der Waals surface area contributed by atoms with Crippen molar-refractivity contribution in [3.05, 3.63) is 35.7 Å². The Morgan fingerprint density at radius 2 is 2.00 bits per heavy atom. The lowest BCUT2D eigenvalue weighted by atomic mass is 9.93. The summed E-state index contributed by atoms with van der Waals surface area (Å²) in [5.41, 5.74) is 11.0. The van der Waals surface area contributed by atoms with Gasteiger partial charge in [0.15, 0.2) is 0 Å². The Balaban J connectivity index is 2.13. The lowest BCUT2D eigenvalue weighted by molar-refractivity contribution is 0.0895. The molecule has 1 aliphatic rings. The molecule has 0 saturated carbocycles. The highest BCUT2D eigenvalue weighted by atomic mass is 16.6. The van der Waals surface area contributed by atoms with Crippen LogP contribution in [-0.2, 0) is 11.3 Å². The van der Waals surface area contributed by atoms with Gasteiger partial charge in [0.25, 0.3) is 0 Å². The predicted octanol–water partition coefficient (Wildman–Crippen LogP) is 3.29. The van der Waals surface area contributed by atoms with E-state index in [-0.39, 0.29) is 12.0 Å². The maximum atomic E-state index is 6.47. The van der Waals surface area contributed by atoms with Gasteiger partial charge in [0.1, 0.15) is 11.9 Å². The molecule has 1 aromatic heterocycles. The zero-order chi connectivity index (χ0) is 17.3. The van der Waals surface area contributed by atoms with E-state index in [2.05, 4.69) is 12.1 Å². The topological polar surface area (TPSA) is 74.7 Å². The molecule has 2 N–H and O–H groups in total. The summed E-state index contributed by atoms with van der Waals surface area (Å²) >= 11 is 0. The minimum atomic E-state index is -0.0597. The van der Waals surface area contributed by atoms with Crippen molar-refractivity contribution in [1.29, 1.82) is 0 Å². The average Bonchev–Trinajstić information content (AvgIpc) is 3.08. The van der Waals surface area contributed by atoms with Crippen molar-refractivity contribution >= 4 is 11.4 Å². The molecule has 0 saturated heterocycles. The Morgan fingerprint density at radius 3 is 2.54 bits per heavy atom. The molecular formula is C18H24N4O2. The second kappa shape index (κ2) is 6.55. The SMILES string of the molecule is CCCc1nn(-c2ccc(OC)cc2)c(C2C(C)=NOC2C)c1N. The summed E-state index contributed by atoms with van der Waals surface area (Å²) in [7, 11) is 1.66. The molecule has 2 heterocycles. The molecule has 6 nitrogen and oxygen atoms in total. The number of hydrogen-bond donors (Lipinski definition) is 1. The normalized spacial score (nSPS) is 19.9. The zero-order valence-electron chi connectivity index (χ0n) is 14.6. The molecule has 3 rings (SSSR count). The molecule has 2 unspecified atom stereocenters. The van der Waals surface area contributed by atoms with Gasteiger partial charge < -0.3 is 15.3 Å². The quantitative estimate of drug-likeness (QED) is 0.914. The largest absolute Gasteiger partial charge is 0.497 e. The molecule has 0 radical (unpaired) electrons. The first-order valence-corrected chi connectivity index (χ1v) is 8.28. The van der Waals surface area contributed by atoms with Gasteiger partial charge in [0.05, 0.1) is 41.5 Å². The van der Waals surface area contributed by atoms with Crippen LogP contribution in [0.3, 0.4) is 0 Å². The number of anilines is 1. The number of aryl methyl sites for hydroxylation is 1. The molecule has 0 aliphatic carbocycles. The van der Waals surface area contributed by atoms with Crippen LogP contribution in [0.15, 0.2) is 29.4 Å². The number of methoxy groups -OCH3 is 1. The van der Waals surface area contributed by atoms with Crippen molar-refractivity contribution in [2.24, 2.45) is 5.16 Å². The highest BCUT2D eigenvalue weighted by Gasteiger charge is 2.35. The number of nitrogens with zero attached hydrogens (tertiary/aromatic N) is 3. The number of rotatable bonds is 5. The van der Waals surface area contributed by atoms with Crippen molar-refractivity contribution in [2.45, 2.75) is 45.6 Å². The van der Waals surface area contributed by atoms with E-state index < -0.39 is 0 Å².